The topological polar surface area (TPSA) is 119 Å². The summed E-state index contributed by atoms with van der Waals surface area (Å²) >= 11 is 0. The summed E-state index contributed by atoms with van der Waals surface area (Å²) in [5, 5.41) is 11.9. The van der Waals surface area contributed by atoms with E-state index in [1.54, 1.807) is 0 Å². The summed E-state index contributed by atoms with van der Waals surface area (Å²) < 4.78 is 45.6. The van der Waals surface area contributed by atoms with Gasteiger partial charge in [-0.05, 0) is 25.0 Å². The second kappa shape index (κ2) is 8.50. The van der Waals surface area contributed by atoms with Gasteiger partial charge in [-0.3, -0.25) is 14.2 Å². The molecular formula is C18H19F3N4O4. The van der Waals surface area contributed by atoms with Crippen molar-refractivity contribution in [2.45, 2.75) is 25.2 Å². The van der Waals surface area contributed by atoms with Gasteiger partial charge in [0, 0.05) is 14.2 Å². The zero-order chi connectivity index (χ0) is 21.9. The Morgan fingerprint density at radius 2 is 2.10 bits per heavy atom. The van der Waals surface area contributed by atoms with Crippen molar-refractivity contribution >= 4 is 22.8 Å². The number of carbonyl (C=O) groups excluding carboxylic acids is 1. The smallest absolute Gasteiger partial charge is 0.288 e. The number of hydrogen-bond acceptors (Lipinski definition) is 6. The molecule has 0 spiro atoms. The van der Waals surface area contributed by atoms with Gasteiger partial charge in [-0.2, -0.15) is 0 Å². The van der Waals surface area contributed by atoms with Crippen LogP contribution in [0.5, 0.6) is 0 Å². The molecule has 0 aromatic carbocycles. The van der Waals surface area contributed by atoms with Crippen LogP contribution in [0.15, 0.2) is 16.9 Å². The average molecular weight is 412 g/mol. The van der Waals surface area contributed by atoms with Crippen molar-refractivity contribution in [2.24, 2.45) is 0 Å². The van der Waals surface area contributed by atoms with Crippen LogP contribution in [0.4, 0.5) is 19.0 Å². The predicted molar refractivity (Wildman–Crippen MR) is 99.3 cm³/mol. The van der Waals surface area contributed by atoms with E-state index < -0.39 is 46.7 Å². The number of pyridine rings is 2. The van der Waals surface area contributed by atoms with Crippen molar-refractivity contribution in [3.8, 4) is 11.8 Å². The number of nitrogens with two attached hydrogens (primary N) is 1. The largest absolute Gasteiger partial charge is 0.384 e. The highest BCUT2D eigenvalue weighted by atomic mass is 19.3. The molecule has 156 valence electrons. The average Bonchev–Trinajstić information content (AvgIpc) is 2.65. The molecule has 0 fully saturated rings. The van der Waals surface area contributed by atoms with E-state index in [0.717, 1.165) is 0 Å². The zero-order valence-corrected chi connectivity index (χ0v) is 15.8. The second-order valence-corrected chi connectivity index (χ2v) is 6.27. The fourth-order valence-corrected chi connectivity index (χ4v) is 2.59. The van der Waals surface area contributed by atoms with Crippen LogP contribution in [0.3, 0.4) is 0 Å². The van der Waals surface area contributed by atoms with E-state index in [2.05, 4.69) is 22.1 Å². The fraction of sp³-hybridized carbons (Fsp3) is 0.389. The van der Waals surface area contributed by atoms with Crippen LogP contribution in [0, 0.1) is 11.8 Å². The Morgan fingerprint density at radius 1 is 1.45 bits per heavy atom. The van der Waals surface area contributed by atoms with Crippen LogP contribution in [-0.4, -0.2) is 53.4 Å². The summed E-state index contributed by atoms with van der Waals surface area (Å²) in [7, 11) is 2.57. The number of methoxy groups -OCH3 is 1. The van der Waals surface area contributed by atoms with Gasteiger partial charge in [-0.25, -0.2) is 18.2 Å². The maximum atomic E-state index is 14.3. The Hall–Kier alpha value is -3.10. The minimum Gasteiger partial charge on any atom is -0.384 e. The van der Waals surface area contributed by atoms with Gasteiger partial charge in [-0.15, -0.1) is 0 Å². The minimum absolute atomic E-state index is 0.0458. The molecule has 0 aliphatic carbocycles. The standard InChI is InChI=1S/C18H19F3N4O4/c1-18(28,8-29-3)7-6-9-4-5-10-12(26)11(17(27)23-2)15(22)25(16(10)24-9)14(21)13(19)20/h4-5,13-14,28H,8,22H2,1-3H3,(H,23,27). The summed E-state index contributed by atoms with van der Waals surface area (Å²) in [4.78, 5) is 28.5. The van der Waals surface area contributed by atoms with Gasteiger partial charge in [-0.1, -0.05) is 5.92 Å². The SMILES string of the molecule is CNC(=O)c1c(N)n(C(F)C(F)F)c2nc(C#CC(C)(O)COC)ccc2c1=O. The Labute approximate surface area is 163 Å². The van der Waals surface area contributed by atoms with Crippen LogP contribution in [0.2, 0.25) is 0 Å². The number of aromatic nitrogens is 2. The monoisotopic (exact) mass is 412 g/mol. The molecule has 2 heterocycles. The summed E-state index contributed by atoms with van der Waals surface area (Å²) in [6, 6.07) is 2.43. The number of rotatable bonds is 5. The van der Waals surface area contributed by atoms with E-state index in [1.807, 2.05) is 0 Å². The van der Waals surface area contributed by atoms with Crippen LogP contribution < -0.4 is 16.5 Å². The molecule has 2 unspecified atom stereocenters. The first-order valence-corrected chi connectivity index (χ1v) is 8.27. The van der Waals surface area contributed by atoms with Crippen LogP contribution in [0.1, 0.15) is 29.3 Å². The maximum Gasteiger partial charge on any atom is 0.288 e. The molecule has 2 rings (SSSR count). The lowest BCUT2D eigenvalue weighted by atomic mass is 10.1. The lowest BCUT2D eigenvalue weighted by Crippen LogP contribution is -2.31. The van der Waals surface area contributed by atoms with Gasteiger partial charge in [0.05, 0.1) is 12.0 Å². The summed E-state index contributed by atoms with van der Waals surface area (Å²) in [5.41, 5.74) is 2.04. The first kappa shape index (κ1) is 22.2. The van der Waals surface area contributed by atoms with Crippen molar-refractivity contribution in [2.75, 3.05) is 26.5 Å². The number of amides is 1. The minimum atomic E-state index is -3.50. The van der Waals surface area contributed by atoms with Crippen molar-refractivity contribution in [3.05, 3.63) is 33.6 Å². The van der Waals surface area contributed by atoms with Gasteiger partial charge < -0.3 is 20.9 Å². The lowest BCUT2D eigenvalue weighted by Gasteiger charge is -2.19. The number of aliphatic hydroxyl groups is 1. The number of halogens is 3. The normalized spacial score (nSPS) is 14.2. The van der Waals surface area contributed by atoms with E-state index in [1.165, 1.54) is 33.2 Å². The zero-order valence-electron chi connectivity index (χ0n) is 15.8. The second-order valence-electron chi connectivity index (χ2n) is 6.27. The Bertz CT molecular complexity index is 1060. The van der Waals surface area contributed by atoms with E-state index >= 15 is 0 Å². The van der Waals surface area contributed by atoms with E-state index in [0.29, 0.717) is 0 Å². The Morgan fingerprint density at radius 3 is 2.66 bits per heavy atom. The van der Waals surface area contributed by atoms with Crippen molar-refractivity contribution < 1.29 is 27.8 Å². The van der Waals surface area contributed by atoms with Crippen LogP contribution >= 0.6 is 0 Å². The Balaban J connectivity index is 2.82. The molecule has 0 bridgehead atoms. The molecule has 2 aromatic rings. The lowest BCUT2D eigenvalue weighted by molar-refractivity contribution is 0.0111. The number of carbonyl (C=O) groups is 1. The van der Waals surface area contributed by atoms with Gasteiger partial charge in [0.2, 0.25) is 11.7 Å². The highest BCUT2D eigenvalue weighted by Crippen LogP contribution is 2.27. The van der Waals surface area contributed by atoms with Crippen molar-refractivity contribution in [1.29, 1.82) is 0 Å². The van der Waals surface area contributed by atoms with E-state index in [4.69, 9.17) is 10.5 Å². The van der Waals surface area contributed by atoms with Gasteiger partial charge in [0.25, 0.3) is 12.3 Å². The number of anilines is 1. The molecular weight excluding hydrogens is 393 g/mol. The molecule has 8 nitrogen and oxygen atoms in total. The number of alkyl halides is 3. The quantitative estimate of drug-likeness (QED) is 0.626. The molecule has 29 heavy (non-hydrogen) atoms. The predicted octanol–water partition coefficient (Wildman–Crippen LogP) is 0.820. The van der Waals surface area contributed by atoms with Crippen LogP contribution in [-0.2, 0) is 4.74 Å². The third-order valence-corrected chi connectivity index (χ3v) is 3.88. The number of hydrogen-bond donors (Lipinski definition) is 3. The molecule has 0 radical (unpaired) electrons. The number of nitrogens with one attached hydrogen (secondary N) is 1. The molecule has 0 saturated heterocycles. The fourth-order valence-electron chi connectivity index (χ4n) is 2.59. The maximum absolute atomic E-state index is 14.3. The molecule has 4 N–H and O–H groups in total. The highest BCUT2D eigenvalue weighted by molar-refractivity contribution is 6.01. The number of fused-ring (bicyclic) bond motifs is 1. The van der Waals surface area contributed by atoms with E-state index in [-0.39, 0.29) is 22.3 Å². The van der Waals surface area contributed by atoms with E-state index in [9.17, 15) is 27.9 Å². The Kier molecular flexibility index (Phi) is 6.51. The molecule has 0 aliphatic rings. The van der Waals surface area contributed by atoms with Crippen molar-refractivity contribution in [3.63, 3.8) is 0 Å². The molecule has 0 aliphatic heterocycles. The van der Waals surface area contributed by atoms with Crippen LogP contribution in [0.25, 0.3) is 11.0 Å². The van der Waals surface area contributed by atoms with Gasteiger partial charge in [0.15, 0.2) is 0 Å². The summed E-state index contributed by atoms with van der Waals surface area (Å²) in [6.45, 7) is 1.27. The highest BCUT2D eigenvalue weighted by Gasteiger charge is 2.29. The molecule has 0 saturated carbocycles. The molecule has 2 atom stereocenters. The number of nitrogens with zero attached hydrogens (tertiary/aromatic N) is 2. The molecule has 1 amide bonds. The van der Waals surface area contributed by atoms with Gasteiger partial charge >= 0.3 is 0 Å². The third-order valence-electron chi connectivity index (χ3n) is 3.88. The van der Waals surface area contributed by atoms with Crippen molar-refractivity contribution in [1.82, 2.24) is 14.9 Å². The molecule has 11 heteroatoms. The number of ether oxygens (including phenoxy) is 1. The molecule has 2 aromatic heterocycles. The third kappa shape index (κ3) is 4.49. The van der Waals surface area contributed by atoms with Gasteiger partial charge in [0.1, 0.15) is 28.3 Å². The summed E-state index contributed by atoms with van der Waals surface area (Å²) in [6.07, 6.45) is -6.46. The summed E-state index contributed by atoms with van der Waals surface area (Å²) in [5.74, 6) is 3.23. The first-order chi connectivity index (χ1) is 13.5. The first-order valence-electron chi connectivity index (χ1n) is 8.27. The number of nitrogen functional groups attached to an aromatic ring is 1.